The van der Waals surface area contributed by atoms with Gasteiger partial charge in [0.15, 0.2) is 0 Å². The maximum atomic E-state index is 12.7. The van der Waals surface area contributed by atoms with Crippen LogP contribution >= 0.6 is 0 Å². The molecule has 2 aliphatic rings. The van der Waals surface area contributed by atoms with Crippen molar-refractivity contribution in [2.75, 3.05) is 32.5 Å². The van der Waals surface area contributed by atoms with Crippen molar-refractivity contribution >= 4 is 17.5 Å². The molecule has 4 rings (SSSR count). The average Bonchev–Trinajstić information content (AvgIpc) is 3.04. The molecule has 0 atom stereocenters. The van der Waals surface area contributed by atoms with E-state index in [1.807, 2.05) is 0 Å². The second kappa shape index (κ2) is 8.19. The van der Waals surface area contributed by atoms with E-state index in [-0.39, 0.29) is 29.3 Å². The molecule has 2 heterocycles. The van der Waals surface area contributed by atoms with Gasteiger partial charge in [0.2, 0.25) is 11.8 Å². The molecule has 1 spiro atoms. The van der Waals surface area contributed by atoms with Gasteiger partial charge in [0.1, 0.15) is 0 Å². The molecule has 1 aromatic heterocycles. The number of rotatable bonds is 5. The minimum Gasteiger partial charge on any atom is -0.333 e. The van der Waals surface area contributed by atoms with Crippen LogP contribution in [0.5, 0.6) is 0 Å². The molecule has 1 aromatic carbocycles. The van der Waals surface area contributed by atoms with Gasteiger partial charge in [-0.1, -0.05) is 30.3 Å². The van der Waals surface area contributed by atoms with E-state index in [1.165, 1.54) is 5.56 Å². The van der Waals surface area contributed by atoms with Gasteiger partial charge in [0.25, 0.3) is 0 Å². The van der Waals surface area contributed by atoms with Crippen LogP contribution < -0.4 is 5.32 Å². The standard InChI is InChI=1S/C24H30N4O2/c1-27(2)24(19-7-4-3-5-8-19)12-10-23(11-13-24)15-22(30)28(18-23)17-21(29)26-20-9-6-14-25-16-20/h3-9,14,16H,10-13,15,17-18H2,1-2H3,(H,26,29)/t23-,24-. The Hall–Kier alpha value is -2.73. The summed E-state index contributed by atoms with van der Waals surface area (Å²) in [6, 6.07) is 14.3. The molecule has 158 valence electrons. The van der Waals surface area contributed by atoms with Gasteiger partial charge in [-0.3, -0.25) is 19.5 Å². The van der Waals surface area contributed by atoms with Gasteiger partial charge < -0.3 is 10.2 Å². The third-order valence-corrected chi connectivity index (χ3v) is 6.99. The topological polar surface area (TPSA) is 65.5 Å². The van der Waals surface area contributed by atoms with Crippen LogP contribution in [-0.4, -0.2) is 53.8 Å². The Kier molecular flexibility index (Phi) is 5.60. The van der Waals surface area contributed by atoms with Crippen LogP contribution in [0.3, 0.4) is 0 Å². The molecule has 2 amide bonds. The number of nitrogens with one attached hydrogen (secondary N) is 1. The first-order valence-corrected chi connectivity index (χ1v) is 10.6. The summed E-state index contributed by atoms with van der Waals surface area (Å²) in [4.78, 5) is 33.2. The molecule has 0 radical (unpaired) electrons. The van der Waals surface area contributed by atoms with E-state index in [4.69, 9.17) is 0 Å². The number of pyridine rings is 1. The molecule has 2 fully saturated rings. The molecule has 6 nitrogen and oxygen atoms in total. The zero-order chi connectivity index (χ0) is 21.2. The number of hydrogen-bond donors (Lipinski definition) is 1. The number of likely N-dealkylation sites (tertiary alicyclic amines) is 1. The Morgan fingerprint density at radius 3 is 2.47 bits per heavy atom. The fourth-order valence-corrected chi connectivity index (χ4v) is 5.21. The third kappa shape index (κ3) is 3.97. The number of carbonyl (C=O) groups is 2. The minimum absolute atomic E-state index is 0.0139. The normalized spacial score (nSPS) is 26.4. The van der Waals surface area contributed by atoms with Gasteiger partial charge in [-0.05, 0) is 62.9 Å². The fourth-order valence-electron chi connectivity index (χ4n) is 5.21. The van der Waals surface area contributed by atoms with Gasteiger partial charge in [-0.25, -0.2) is 0 Å². The highest BCUT2D eigenvalue weighted by molar-refractivity contribution is 5.94. The average molecular weight is 407 g/mol. The molecule has 0 bridgehead atoms. The van der Waals surface area contributed by atoms with E-state index in [2.05, 4.69) is 59.6 Å². The number of aromatic nitrogens is 1. The molecule has 1 aliphatic heterocycles. The molecule has 2 aromatic rings. The summed E-state index contributed by atoms with van der Waals surface area (Å²) in [5.74, 6) is -0.0791. The summed E-state index contributed by atoms with van der Waals surface area (Å²) in [5.41, 5.74) is 2.00. The molecule has 0 unspecified atom stereocenters. The predicted molar refractivity (Wildman–Crippen MR) is 117 cm³/mol. The van der Waals surface area contributed by atoms with Crippen molar-refractivity contribution in [3.05, 3.63) is 60.4 Å². The number of benzene rings is 1. The smallest absolute Gasteiger partial charge is 0.244 e. The summed E-state index contributed by atoms with van der Waals surface area (Å²) in [6.45, 7) is 0.775. The lowest BCUT2D eigenvalue weighted by Crippen LogP contribution is -2.47. The lowest BCUT2D eigenvalue weighted by atomic mass is 9.64. The second-order valence-corrected chi connectivity index (χ2v) is 9.01. The lowest BCUT2D eigenvalue weighted by Gasteiger charge is -2.48. The highest BCUT2D eigenvalue weighted by atomic mass is 16.2. The van der Waals surface area contributed by atoms with Gasteiger partial charge in [-0.15, -0.1) is 0 Å². The van der Waals surface area contributed by atoms with Gasteiger partial charge in [0, 0.05) is 24.7 Å². The molecule has 1 saturated heterocycles. The first-order chi connectivity index (χ1) is 14.4. The lowest BCUT2D eigenvalue weighted by molar-refractivity contribution is -0.131. The third-order valence-electron chi connectivity index (χ3n) is 6.99. The zero-order valence-electron chi connectivity index (χ0n) is 17.8. The van der Waals surface area contributed by atoms with Gasteiger partial charge >= 0.3 is 0 Å². The van der Waals surface area contributed by atoms with Crippen molar-refractivity contribution in [2.24, 2.45) is 5.41 Å². The first-order valence-electron chi connectivity index (χ1n) is 10.6. The van der Waals surface area contributed by atoms with E-state index in [1.54, 1.807) is 29.4 Å². The Morgan fingerprint density at radius 1 is 1.10 bits per heavy atom. The van der Waals surface area contributed by atoms with Crippen molar-refractivity contribution in [2.45, 2.75) is 37.6 Å². The molecular formula is C24H30N4O2. The van der Waals surface area contributed by atoms with Gasteiger partial charge in [0.05, 0.1) is 18.4 Å². The van der Waals surface area contributed by atoms with Crippen molar-refractivity contribution in [1.29, 1.82) is 0 Å². The number of carbonyl (C=O) groups excluding carboxylic acids is 2. The quantitative estimate of drug-likeness (QED) is 0.828. The highest BCUT2D eigenvalue weighted by Crippen LogP contribution is 2.52. The number of nitrogens with zero attached hydrogens (tertiary/aromatic N) is 3. The molecular weight excluding hydrogens is 376 g/mol. The van der Waals surface area contributed by atoms with Crippen LogP contribution in [0.1, 0.15) is 37.7 Å². The van der Waals surface area contributed by atoms with Crippen molar-refractivity contribution < 1.29 is 9.59 Å². The number of amides is 2. The first kappa shape index (κ1) is 20.5. The highest BCUT2D eigenvalue weighted by Gasteiger charge is 2.50. The molecule has 6 heteroatoms. The van der Waals surface area contributed by atoms with Crippen LogP contribution in [0.2, 0.25) is 0 Å². The Bertz CT molecular complexity index is 890. The Labute approximate surface area is 178 Å². The van der Waals surface area contributed by atoms with Crippen molar-refractivity contribution in [3.63, 3.8) is 0 Å². The monoisotopic (exact) mass is 406 g/mol. The van der Waals surface area contributed by atoms with Crippen molar-refractivity contribution in [3.8, 4) is 0 Å². The Balaban J connectivity index is 1.41. The maximum Gasteiger partial charge on any atom is 0.244 e. The molecule has 1 aliphatic carbocycles. The predicted octanol–water partition coefficient (Wildman–Crippen LogP) is 3.27. The van der Waals surface area contributed by atoms with Crippen LogP contribution in [-0.2, 0) is 15.1 Å². The molecule has 1 N–H and O–H groups in total. The second-order valence-electron chi connectivity index (χ2n) is 9.01. The van der Waals surface area contributed by atoms with Crippen LogP contribution in [0, 0.1) is 5.41 Å². The minimum atomic E-state index is -0.170. The number of anilines is 1. The van der Waals surface area contributed by atoms with Crippen molar-refractivity contribution in [1.82, 2.24) is 14.8 Å². The van der Waals surface area contributed by atoms with Crippen LogP contribution in [0.15, 0.2) is 54.9 Å². The van der Waals surface area contributed by atoms with Crippen LogP contribution in [0.25, 0.3) is 0 Å². The van der Waals surface area contributed by atoms with E-state index in [0.717, 1.165) is 25.7 Å². The maximum absolute atomic E-state index is 12.7. The van der Waals surface area contributed by atoms with E-state index >= 15 is 0 Å². The largest absolute Gasteiger partial charge is 0.333 e. The van der Waals surface area contributed by atoms with Crippen LogP contribution in [0.4, 0.5) is 5.69 Å². The summed E-state index contributed by atoms with van der Waals surface area (Å²) < 4.78 is 0. The van der Waals surface area contributed by atoms with E-state index in [0.29, 0.717) is 18.7 Å². The van der Waals surface area contributed by atoms with E-state index in [9.17, 15) is 9.59 Å². The SMILES string of the molecule is CN(C)[C@]1(c2ccccc2)CC[C@@]2(CC1)CC(=O)N(CC(=O)Nc1cccnc1)C2. The Morgan fingerprint density at radius 2 is 1.83 bits per heavy atom. The number of hydrogen-bond acceptors (Lipinski definition) is 4. The summed E-state index contributed by atoms with van der Waals surface area (Å²) in [6.07, 6.45) is 7.84. The fraction of sp³-hybridized carbons (Fsp3) is 0.458. The zero-order valence-corrected chi connectivity index (χ0v) is 17.8. The molecule has 1 saturated carbocycles. The summed E-state index contributed by atoms with van der Waals surface area (Å²) in [7, 11) is 4.31. The summed E-state index contributed by atoms with van der Waals surface area (Å²) >= 11 is 0. The van der Waals surface area contributed by atoms with Gasteiger partial charge in [-0.2, -0.15) is 0 Å². The molecule has 30 heavy (non-hydrogen) atoms. The van der Waals surface area contributed by atoms with E-state index < -0.39 is 0 Å². The summed E-state index contributed by atoms with van der Waals surface area (Å²) in [5, 5.41) is 2.83.